The fraction of sp³-hybridized carbons (Fsp3) is 0.300. The number of carbonyl (C=O) groups excluding carboxylic acids is 2. The van der Waals surface area contributed by atoms with Crippen LogP contribution in [-0.4, -0.2) is 39.9 Å². The van der Waals surface area contributed by atoms with E-state index in [2.05, 4.69) is 32.5 Å². The quantitative estimate of drug-likeness (QED) is 0.646. The summed E-state index contributed by atoms with van der Waals surface area (Å²) in [5.41, 5.74) is 3.26. The minimum absolute atomic E-state index is 0.170. The Morgan fingerprint density at radius 2 is 2.07 bits per heavy atom. The first-order chi connectivity index (χ1) is 13.0. The Morgan fingerprint density at radius 3 is 2.81 bits per heavy atom. The van der Waals surface area contributed by atoms with Crippen molar-refractivity contribution < 1.29 is 9.59 Å². The van der Waals surface area contributed by atoms with Crippen molar-refractivity contribution in [3.8, 4) is 0 Å². The molecule has 3 aromatic rings. The van der Waals surface area contributed by atoms with Crippen molar-refractivity contribution in [1.82, 2.24) is 25.6 Å². The Hall–Kier alpha value is -3.22. The molecule has 0 unspecified atom stereocenters. The van der Waals surface area contributed by atoms with Gasteiger partial charge in [0.05, 0.1) is 11.7 Å². The van der Waals surface area contributed by atoms with Crippen molar-refractivity contribution in [2.24, 2.45) is 5.92 Å². The van der Waals surface area contributed by atoms with Crippen molar-refractivity contribution in [3.05, 3.63) is 59.3 Å². The molecule has 27 heavy (non-hydrogen) atoms. The number of nitrogens with zero attached hydrogens (tertiary/aromatic N) is 2. The van der Waals surface area contributed by atoms with Crippen LogP contribution in [0, 0.1) is 5.92 Å². The number of aromatic amines is 1. The van der Waals surface area contributed by atoms with Gasteiger partial charge in [-0.2, -0.15) is 0 Å². The maximum Gasteiger partial charge on any atom is 0.269 e. The lowest BCUT2D eigenvalue weighted by molar-refractivity contribution is 0.0949. The van der Waals surface area contributed by atoms with Crippen LogP contribution >= 0.6 is 0 Å². The number of amides is 2. The van der Waals surface area contributed by atoms with Gasteiger partial charge in [0.1, 0.15) is 5.69 Å². The van der Waals surface area contributed by atoms with Crippen LogP contribution in [0.1, 0.15) is 45.4 Å². The lowest BCUT2D eigenvalue weighted by atomic mass is 10.0. The Labute approximate surface area is 156 Å². The third-order valence-corrected chi connectivity index (χ3v) is 4.96. The molecule has 0 aliphatic heterocycles. The molecule has 0 saturated heterocycles. The van der Waals surface area contributed by atoms with E-state index < -0.39 is 0 Å². The molecule has 7 nitrogen and oxygen atoms in total. The molecule has 0 aromatic carbocycles. The minimum Gasteiger partial charge on any atom is -0.360 e. The zero-order valence-corrected chi connectivity index (χ0v) is 15.2. The second kappa shape index (κ2) is 6.83. The summed E-state index contributed by atoms with van der Waals surface area (Å²) in [6.07, 6.45) is 6.89. The molecular weight excluding hydrogens is 342 g/mol. The van der Waals surface area contributed by atoms with E-state index in [9.17, 15) is 9.59 Å². The molecule has 1 fully saturated rings. The summed E-state index contributed by atoms with van der Waals surface area (Å²) in [5, 5.41) is 6.63. The molecule has 1 saturated carbocycles. The van der Waals surface area contributed by atoms with Gasteiger partial charge in [-0.3, -0.25) is 14.6 Å². The maximum atomic E-state index is 12.6. The highest BCUT2D eigenvalue weighted by Gasteiger charge is 2.34. The van der Waals surface area contributed by atoms with Gasteiger partial charge in [0.15, 0.2) is 0 Å². The summed E-state index contributed by atoms with van der Waals surface area (Å²) >= 11 is 0. The summed E-state index contributed by atoms with van der Waals surface area (Å²) in [6, 6.07) is 5.49. The average molecular weight is 363 g/mol. The van der Waals surface area contributed by atoms with Gasteiger partial charge in [0, 0.05) is 48.5 Å². The molecule has 138 valence electrons. The number of carbonyl (C=O) groups is 2. The molecule has 0 radical (unpaired) electrons. The van der Waals surface area contributed by atoms with Crippen LogP contribution in [0.4, 0.5) is 0 Å². The highest BCUT2D eigenvalue weighted by molar-refractivity contribution is 5.99. The van der Waals surface area contributed by atoms with Crippen LogP contribution < -0.4 is 10.6 Å². The van der Waals surface area contributed by atoms with E-state index in [0.29, 0.717) is 23.6 Å². The number of aromatic nitrogens is 3. The van der Waals surface area contributed by atoms with Crippen LogP contribution in [0.5, 0.6) is 0 Å². The smallest absolute Gasteiger partial charge is 0.269 e. The van der Waals surface area contributed by atoms with E-state index in [0.717, 1.165) is 22.9 Å². The van der Waals surface area contributed by atoms with Gasteiger partial charge in [-0.25, -0.2) is 4.98 Å². The maximum absolute atomic E-state index is 12.6. The first-order valence-electron chi connectivity index (χ1n) is 8.99. The van der Waals surface area contributed by atoms with Crippen LogP contribution in [0.2, 0.25) is 0 Å². The van der Waals surface area contributed by atoms with Crippen LogP contribution in [-0.2, 0) is 6.42 Å². The minimum atomic E-state index is -0.316. The molecule has 2 atom stereocenters. The van der Waals surface area contributed by atoms with Crippen LogP contribution in [0.3, 0.4) is 0 Å². The SMILES string of the molecule is CNC(=O)c1cc(C(=O)N[C@H]2C[C@@H]2C)cc(Cc2cncc3[nH]ccc23)n1. The van der Waals surface area contributed by atoms with Gasteiger partial charge in [-0.05, 0) is 36.1 Å². The summed E-state index contributed by atoms with van der Waals surface area (Å²) in [4.78, 5) is 36.6. The first-order valence-corrected chi connectivity index (χ1v) is 8.99. The second-order valence-electron chi connectivity index (χ2n) is 7.02. The van der Waals surface area contributed by atoms with Crippen LogP contribution in [0.15, 0.2) is 36.8 Å². The Kier molecular flexibility index (Phi) is 4.35. The highest BCUT2D eigenvalue weighted by atomic mass is 16.2. The van der Waals surface area contributed by atoms with E-state index in [1.807, 2.05) is 12.3 Å². The van der Waals surface area contributed by atoms with Gasteiger partial charge in [0.25, 0.3) is 11.8 Å². The van der Waals surface area contributed by atoms with E-state index >= 15 is 0 Å². The second-order valence-corrected chi connectivity index (χ2v) is 7.02. The first kappa shape index (κ1) is 17.2. The molecular formula is C20H21N5O2. The topological polar surface area (TPSA) is 99.8 Å². The molecule has 7 heteroatoms. The number of hydrogen-bond donors (Lipinski definition) is 3. The molecule has 4 rings (SSSR count). The molecule has 3 aromatic heterocycles. The van der Waals surface area contributed by atoms with Crippen molar-refractivity contribution >= 4 is 22.7 Å². The predicted octanol–water partition coefficient (Wildman–Crippen LogP) is 2.05. The Bertz CT molecular complexity index is 1030. The zero-order valence-electron chi connectivity index (χ0n) is 15.2. The van der Waals surface area contributed by atoms with Crippen LogP contribution in [0.25, 0.3) is 10.9 Å². The number of H-pyrrole nitrogens is 1. The van der Waals surface area contributed by atoms with Gasteiger partial charge >= 0.3 is 0 Å². The highest BCUT2D eigenvalue weighted by Crippen LogP contribution is 2.29. The van der Waals surface area contributed by atoms with Gasteiger partial charge in [-0.1, -0.05) is 6.92 Å². The van der Waals surface area contributed by atoms with Gasteiger partial charge < -0.3 is 15.6 Å². The Balaban J connectivity index is 1.68. The van der Waals surface area contributed by atoms with Crippen molar-refractivity contribution in [3.63, 3.8) is 0 Å². The molecule has 1 aliphatic rings. The lowest BCUT2D eigenvalue weighted by Crippen LogP contribution is -2.28. The average Bonchev–Trinajstić information content (AvgIpc) is 3.16. The largest absolute Gasteiger partial charge is 0.360 e. The molecule has 0 spiro atoms. The third-order valence-electron chi connectivity index (χ3n) is 4.96. The molecule has 1 aliphatic carbocycles. The fourth-order valence-electron chi connectivity index (χ4n) is 3.21. The molecule has 0 bridgehead atoms. The van der Waals surface area contributed by atoms with Crippen molar-refractivity contribution in [1.29, 1.82) is 0 Å². The number of nitrogens with one attached hydrogen (secondary N) is 3. The predicted molar refractivity (Wildman–Crippen MR) is 102 cm³/mol. The normalized spacial score (nSPS) is 18.3. The standard InChI is InChI=1S/C20H21N5O2/c1-11-5-16(11)25-19(26)12-6-14(24-17(8-12)20(27)21-2)7-13-9-22-10-18-15(13)3-4-23-18/h3-4,6,8-11,16,23H,5,7H2,1-2H3,(H,21,27)(H,25,26)/t11-,16-/m0/s1. The number of pyridine rings is 2. The Morgan fingerprint density at radius 1 is 1.26 bits per heavy atom. The molecule has 2 amide bonds. The number of fused-ring (bicyclic) bond motifs is 1. The summed E-state index contributed by atoms with van der Waals surface area (Å²) in [7, 11) is 1.55. The van der Waals surface area contributed by atoms with Crippen molar-refractivity contribution in [2.45, 2.75) is 25.8 Å². The van der Waals surface area contributed by atoms with Gasteiger partial charge in [0.2, 0.25) is 0 Å². The summed E-state index contributed by atoms with van der Waals surface area (Å²) in [6.45, 7) is 2.10. The molecule has 3 heterocycles. The lowest BCUT2D eigenvalue weighted by Gasteiger charge is -2.10. The number of hydrogen-bond acceptors (Lipinski definition) is 4. The van der Waals surface area contributed by atoms with Gasteiger partial charge in [-0.15, -0.1) is 0 Å². The number of rotatable bonds is 5. The third kappa shape index (κ3) is 3.53. The molecule has 3 N–H and O–H groups in total. The van der Waals surface area contributed by atoms with E-state index in [-0.39, 0.29) is 23.6 Å². The van der Waals surface area contributed by atoms with E-state index in [1.54, 1.807) is 31.6 Å². The monoisotopic (exact) mass is 363 g/mol. The summed E-state index contributed by atoms with van der Waals surface area (Å²) in [5.74, 6) is 0.0192. The summed E-state index contributed by atoms with van der Waals surface area (Å²) < 4.78 is 0. The van der Waals surface area contributed by atoms with E-state index in [4.69, 9.17) is 0 Å². The van der Waals surface area contributed by atoms with Crippen molar-refractivity contribution in [2.75, 3.05) is 7.05 Å². The fourth-order valence-corrected chi connectivity index (χ4v) is 3.21. The zero-order chi connectivity index (χ0) is 19.0. The van der Waals surface area contributed by atoms with E-state index in [1.165, 1.54) is 0 Å².